The summed E-state index contributed by atoms with van der Waals surface area (Å²) in [5.41, 5.74) is 1.60. The molecule has 0 aliphatic carbocycles. The predicted molar refractivity (Wildman–Crippen MR) is 86.1 cm³/mol. The average molecular weight is 359 g/mol. The van der Waals surface area contributed by atoms with E-state index in [-0.39, 0.29) is 16.8 Å². The number of amides is 1. The third-order valence-corrected chi connectivity index (χ3v) is 4.11. The van der Waals surface area contributed by atoms with Crippen LogP contribution in [0.25, 0.3) is 0 Å². The Balaban J connectivity index is 1.93. The summed E-state index contributed by atoms with van der Waals surface area (Å²) in [6, 6.07) is 7.20. The number of anilines is 2. The van der Waals surface area contributed by atoms with Crippen molar-refractivity contribution in [3.8, 4) is 0 Å². The van der Waals surface area contributed by atoms with Gasteiger partial charge in [-0.15, -0.1) is 10.2 Å². The molecule has 0 bridgehead atoms. The molecular weight excluding hydrogens is 343 g/mol. The number of thioether (sulfide) groups is 1. The molecule has 1 aromatic heterocycles. The number of hydrogen-bond donors (Lipinski definition) is 1. The van der Waals surface area contributed by atoms with E-state index in [1.165, 1.54) is 7.05 Å². The minimum atomic E-state index is -4.57. The third kappa shape index (κ3) is 4.40. The third-order valence-electron chi connectivity index (χ3n) is 3.09. The lowest BCUT2D eigenvalue weighted by Gasteiger charge is -2.13. The molecule has 1 aromatic carbocycles. The largest absolute Gasteiger partial charge is 0.451 e. The summed E-state index contributed by atoms with van der Waals surface area (Å²) in [4.78, 5) is 13.8. The maximum atomic E-state index is 12.6. The van der Waals surface area contributed by atoms with E-state index in [0.717, 1.165) is 22.0 Å². The van der Waals surface area contributed by atoms with Crippen LogP contribution in [0.3, 0.4) is 0 Å². The average Bonchev–Trinajstić information content (AvgIpc) is 2.86. The number of carbonyl (C=O) groups excluding carboxylic acids is 1. The van der Waals surface area contributed by atoms with E-state index in [1.54, 1.807) is 12.1 Å². The van der Waals surface area contributed by atoms with Crippen molar-refractivity contribution in [3.63, 3.8) is 0 Å². The van der Waals surface area contributed by atoms with Crippen LogP contribution in [0.4, 0.5) is 24.5 Å². The molecule has 2 aromatic rings. The second-order valence-corrected chi connectivity index (χ2v) is 6.08. The van der Waals surface area contributed by atoms with Gasteiger partial charge in [0.05, 0.1) is 5.75 Å². The molecular formula is C14H16F3N5OS. The monoisotopic (exact) mass is 359 g/mol. The molecule has 2 rings (SSSR count). The summed E-state index contributed by atoms with van der Waals surface area (Å²) in [7, 11) is 5.02. The molecule has 1 N–H and O–H groups in total. The Bertz CT molecular complexity index is 712. The van der Waals surface area contributed by atoms with Crippen LogP contribution in [-0.2, 0) is 18.0 Å². The number of nitrogens with zero attached hydrogens (tertiary/aromatic N) is 4. The Morgan fingerprint density at radius 1 is 1.25 bits per heavy atom. The second-order valence-electron chi connectivity index (χ2n) is 5.14. The standard InChI is InChI=1S/C14H16F3N5OS/c1-21(2)10-6-4-9(5-7-10)18-11(23)8-24-13-20-19-12(22(13)3)14(15,16)17/h4-7H,8H2,1-3H3,(H,18,23). The van der Waals surface area contributed by atoms with Gasteiger partial charge in [0, 0.05) is 32.5 Å². The van der Waals surface area contributed by atoms with Gasteiger partial charge in [-0.25, -0.2) is 0 Å². The lowest BCUT2D eigenvalue weighted by molar-refractivity contribution is -0.147. The van der Waals surface area contributed by atoms with Crippen molar-refractivity contribution in [3.05, 3.63) is 30.1 Å². The van der Waals surface area contributed by atoms with Gasteiger partial charge in [-0.1, -0.05) is 11.8 Å². The van der Waals surface area contributed by atoms with Crippen molar-refractivity contribution in [1.82, 2.24) is 14.8 Å². The van der Waals surface area contributed by atoms with Crippen molar-refractivity contribution >= 4 is 29.0 Å². The number of alkyl halides is 3. The second kappa shape index (κ2) is 7.12. The Kier molecular flexibility index (Phi) is 5.37. The topological polar surface area (TPSA) is 63.1 Å². The first-order chi connectivity index (χ1) is 11.2. The summed E-state index contributed by atoms with van der Waals surface area (Å²) >= 11 is 0.888. The van der Waals surface area contributed by atoms with Gasteiger partial charge in [0.15, 0.2) is 5.16 Å². The van der Waals surface area contributed by atoms with Crippen LogP contribution in [0.5, 0.6) is 0 Å². The summed E-state index contributed by atoms with van der Waals surface area (Å²) < 4.78 is 38.7. The van der Waals surface area contributed by atoms with E-state index in [4.69, 9.17) is 0 Å². The van der Waals surface area contributed by atoms with Gasteiger partial charge in [0.25, 0.3) is 0 Å². The first-order valence-corrected chi connectivity index (χ1v) is 7.83. The zero-order valence-electron chi connectivity index (χ0n) is 13.3. The normalized spacial score (nSPS) is 11.4. The molecule has 1 heterocycles. The first kappa shape index (κ1) is 18.1. The number of nitrogens with one attached hydrogen (secondary N) is 1. The molecule has 6 nitrogen and oxygen atoms in total. The van der Waals surface area contributed by atoms with Gasteiger partial charge in [0.1, 0.15) is 0 Å². The van der Waals surface area contributed by atoms with E-state index in [1.807, 2.05) is 31.1 Å². The summed E-state index contributed by atoms with van der Waals surface area (Å²) in [5, 5.41) is 9.27. The Morgan fingerprint density at radius 3 is 2.38 bits per heavy atom. The number of aromatic nitrogens is 3. The number of carbonyl (C=O) groups is 1. The smallest absolute Gasteiger partial charge is 0.378 e. The van der Waals surface area contributed by atoms with Crippen LogP contribution < -0.4 is 10.2 Å². The summed E-state index contributed by atoms with van der Waals surface area (Å²) in [5.74, 6) is -1.50. The molecule has 0 radical (unpaired) electrons. The predicted octanol–water partition coefficient (Wildman–Crippen LogP) is 2.63. The highest BCUT2D eigenvalue weighted by Crippen LogP contribution is 2.29. The minimum absolute atomic E-state index is 0.0282. The van der Waals surface area contributed by atoms with Gasteiger partial charge in [-0.2, -0.15) is 13.2 Å². The number of rotatable bonds is 5. The van der Waals surface area contributed by atoms with Crippen molar-refractivity contribution in [2.45, 2.75) is 11.3 Å². The molecule has 0 aliphatic heterocycles. The van der Waals surface area contributed by atoms with Crippen LogP contribution in [-0.4, -0.2) is 40.5 Å². The summed E-state index contributed by atoms with van der Waals surface area (Å²) in [6.07, 6.45) is -4.57. The van der Waals surface area contributed by atoms with E-state index in [2.05, 4.69) is 15.5 Å². The molecule has 130 valence electrons. The lowest BCUT2D eigenvalue weighted by atomic mass is 10.2. The Morgan fingerprint density at radius 2 is 1.88 bits per heavy atom. The minimum Gasteiger partial charge on any atom is -0.378 e. The highest BCUT2D eigenvalue weighted by atomic mass is 32.2. The number of halogens is 3. The molecule has 24 heavy (non-hydrogen) atoms. The SMILES string of the molecule is CN(C)c1ccc(NC(=O)CSc2nnc(C(F)(F)F)n2C)cc1. The fraction of sp³-hybridized carbons (Fsp3) is 0.357. The zero-order chi connectivity index (χ0) is 17.9. The molecule has 10 heteroatoms. The van der Waals surface area contributed by atoms with Crippen LogP contribution >= 0.6 is 11.8 Å². The fourth-order valence-corrected chi connectivity index (χ4v) is 2.57. The summed E-state index contributed by atoms with van der Waals surface area (Å²) in [6.45, 7) is 0. The van der Waals surface area contributed by atoms with Crippen molar-refractivity contribution < 1.29 is 18.0 Å². The Hall–Kier alpha value is -2.23. The molecule has 0 unspecified atom stereocenters. The molecule has 1 amide bonds. The number of benzene rings is 1. The van der Waals surface area contributed by atoms with Crippen LogP contribution in [0.15, 0.2) is 29.4 Å². The van der Waals surface area contributed by atoms with Crippen molar-refractivity contribution in [2.75, 3.05) is 30.1 Å². The van der Waals surface area contributed by atoms with Gasteiger partial charge in [0.2, 0.25) is 11.7 Å². The number of hydrogen-bond acceptors (Lipinski definition) is 5. The fourth-order valence-electron chi connectivity index (χ4n) is 1.86. The quantitative estimate of drug-likeness (QED) is 0.832. The van der Waals surface area contributed by atoms with Crippen molar-refractivity contribution in [2.24, 2.45) is 7.05 Å². The van der Waals surface area contributed by atoms with Gasteiger partial charge >= 0.3 is 6.18 Å². The molecule has 0 saturated heterocycles. The van der Waals surface area contributed by atoms with E-state index in [0.29, 0.717) is 5.69 Å². The maximum Gasteiger partial charge on any atom is 0.451 e. The van der Waals surface area contributed by atoms with Gasteiger partial charge in [-0.3, -0.25) is 4.79 Å². The van der Waals surface area contributed by atoms with Crippen LogP contribution in [0.2, 0.25) is 0 Å². The van der Waals surface area contributed by atoms with Crippen LogP contribution in [0.1, 0.15) is 5.82 Å². The Labute approximate surface area is 141 Å². The van der Waals surface area contributed by atoms with E-state index in [9.17, 15) is 18.0 Å². The zero-order valence-corrected chi connectivity index (χ0v) is 14.1. The molecule has 0 aliphatic rings. The highest BCUT2D eigenvalue weighted by molar-refractivity contribution is 7.99. The molecule has 0 spiro atoms. The maximum absolute atomic E-state index is 12.6. The first-order valence-electron chi connectivity index (χ1n) is 6.85. The van der Waals surface area contributed by atoms with E-state index >= 15 is 0 Å². The van der Waals surface area contributed by atoms with Gasteiger partial charge in [-0.05, 0) is 24.3 Å². The highest BCUT2D eigenvalue weighted by Gasteiger charge is 2.37. The molecule has 0 fully saturated rings. The van der Waals surface area contributed by atoms with Crippen molar-refractivity contribution in [1.29, 1.82) is 0 Å². The lowest BCUT2D eigenvalue weighted by Crippen LogP contribution is -2.15. The van der Waals surface area contributed by atoms with Crippen LogP contribution in [0, 0.1) is 0 Å². The molecule has 0 saturated carbocycles. The van der Waals surface area contributed by atoms with E-state index < -0.39 is 12.0 Å². The molecule has 0 atom stereocenters. The van der Waals surface area contributed by atoms with Gasteiger partial charge < -0.3 is 14.8 Å².